The van der Waals surface area contributed by atoms with Gasteiger partial charge in [-0.2, -0.15) is 22.0 Å². The van der Waals surface area contributed by atoms with Crippen LogP contribution in [0.15, 0.2) is 12.1 Å². The molecule has 0 fully saturated rings. The van der Waals surface area contributed by atoms with E-state index in [2.05, 4.69) is 21.9 Å². The van der Waals surface area contributed by atoms with Crippen LogP contribution in [0, 0.1) is 0 Å². The number of nitrogens with zero attached hydrogens (tertiary/aromatic N) is 1. The molecule has 0 aliphatic carbocycles. The normalized spacial score (nSPS) is 12.6. The molecule has 0 saturated carbocycles. The lowest BCUT2D eigenvalue weighted by Crippen LogP contribution is -2.34. The van der Waals surface area contributed by atoms with Gasteiger partial charge in [0, 0.05) is 0 Å². The van der Waals surface area contributed by atoms with Crippen molar-refractivity contribution in [1.29, 1.82) is 0 Å². The molecule has 0 unspecified atom stereocenters. The zero-order valence-corrected chi connectivity index (χ0v) is 10.7. The molecule has 3 nitrogen and oxygen atoms in total. The van der Waals surface area contributed by atoms with Crippen LogP contribution < -0.4 is 10.5 Å². The Hall–Kier alpha value is -1.65. The average molecular weight is 336 g/mol. The van der Waals surface area contributed by atoms with E-state index >= 15 is 0 Å². The minimum Gasteiger partial charge on any atom is -0.470 e. The van der Waals surface area contributed by atoms with Crippen LogP contribution in [0.1, 0.15) is 11.3 Å². The van der Waals surface area contributed by atoms with Gasteiger partial charge in [-0.3, -0.25) is 0 Å². The van der Waals surface area contributed by atoms with E-state index in [4.69, 9.17) is 5.73 Å². The van der Waals surface area contributed by atoms with E-state index in [1.54, 1.807) is 0 Å². The average Bonchev–Trinajstić information content (AvgIpc) is 2.34. The van der Waals surface area contributed by atoms with Gasteiger partial charge >= 0.3 is 18.5 Å². The second kappa shape index (κ2) is 6.00. The molecule has 0 radical (unpaired) electrons. The first-order valence-electron chi connectivity index (χ1n) is 5.12. The van der Waals surface area contributed by atoms with Crippen molar-refractivity contribution in [3.05, 3.63) is 23.4 Å². The Morgan fingerprint density at radius 2 is 1.81 bits per heavy atom. The van der Waals surface area contributed by atoms with Crippen molar-refractivity contribution in [3.63, 3.8) is 0 Å². The molecule has 2 N–H and O–H groups in total. The van der Waals surface area contributed by atoms with E-state index in [-0.39, 0.29) is 5.56 Å². The first kappa shape index (κ1) is 17.4. The Morgan fingerprint density at radius 3 is 2.24 bits per heavy atom. The van der Waals surface area contributed by atoms with Gasteiger partial charge in [0.1, 0.15) is 10.7 Å². The predicted octanol–water partition coefficient (Wildman–Crippen LogP) is 3.01. The standard InChI is InChI=1S/C10H7F7N2OS/c11-8(12)9(13,14)3-20-7-4(6(18)21)1-2-5(19-7)10(15,16)17/h1-2,8H,3H2,(H2,18,21). The van der Waals surface area contributed by atoms with Gasteiger partial charge in [0.15, 0.2) is 6.61 Å². The van der Waals surface area contributed by atoms with E-state index in [0.29, 0.717) is 6.07 Å². The number of hydrogen-bond donors (Lipinski definition) is 1. The molecule has 0 aromatic carbocycles. The van der Waals surface area contributed by atoms with Crippen LogP contribution in [-0.4, -0.2) is 28.9 Å². The first-order chi connectivity index (χ1) is 9.45. The van der Waals surface area contributed by atoms with Crippen molar-refractivity contribution >= 4 is 17.2 Å². The van der Waals surface area contributed by atoms with Crippen LogP contribution in [0.4, 0.5) is 30.7 Å². The number of nitrogens with two attached hydrogens (primary N) is 1. The van der Waals surface area contributed by atoms with Crippen LogP contribution >= 0.6 is 12.2 Å². The van der Waals surface area contributed by atoms with Crippen LogP contribution in [0.2, 0.25) is 0 Å². The number of alkyl halides is 7. The Bertz CT molecular complexity index is 533. The summed E-state index contributed by atoms with van der Waals surface area (Å²) >= 11 is 4.49. The summed E-state index contributed by atoms with van der Waals surface area (Å²) in [5.74, 6) is -5.54. The molecule has 118 valence electrons. The van der Waals surface area contributed by atoms with Crippen LogP contribution in [0.5, 0.6) is 5.88 Å². The van der Waals surface area contributed by atoms with Gasteiger partial charge in [0.25, 0.3) is 0 Å². The van der Waals surface area contributed by atoms with Crippen LogP contribution in [0.25, 0.3) is 0 Å². The molecule has 0 spiro atoms. The summed E-state index contributed by atoms with van der Waals surface area (Å²) in [6.07, 6.45) is -8.92. The maximum Gasteiger partial charge on any atom is 0.433 e. The topological polar surface area (TPSA) is 48.1 Å². The maximum atomic E-state index is 12.7. The maximum absolute atomic E-state index is 12.7. The number of aromatic nitrogens is 1. The molecule has 1 aromatic heterocycles. The van der Waals surface area contributed by atoms with Gasteiger partial charge in [-0.1, -0.05) is 12.2 Å². The Kier molecular flexibility index (Phi) is 4.97. The third-order valence-corrected chi connectivity index (χ3v) is 2.36. The smallest absolute Gasteiger partial charge is 0.433 e. The summed E-state index contributed by atoms with van der Waals surface area (Å²) in [6.45, 7) is -1.87. The van der Waals surface area contributed by atoms with Gasteiger partial charge in [0.05, 0.1) is 5.56 Å². The fourth-order valence-corrected chi connectivity index (χ4v) is 1.28. The highest BCUT2D eigenvalue weighted by Gasteiger charge is 2.42. The minimum absolute atomic E-state index is 0.372. The number of halogens is 7. The fourth-order valence-electron chi connectivity index (χ4n) is 1.12. The molecule has 0 saturated heterocycles. The number of pyridine rings is 1. The Morgan fingerprint density at radius 1 is 1.24 bits per heavy atom. The molecular weight excluding hydrogens is 329 g/mol. The Balaban J connectivity index is 3.11. The molecular formula is C10H7F7N2OS. The highest BCUT2D eigenvalue weighted by Crippen LogP contribution is 2.31. The summed E-state index contributed by atoms with van der Waals surface area (Å²) in [4.78, 5) is 2.45. The fraction of sp³-hybridized carbons (Fsp3) is 0.400. The molecule has 0 aliphatic heterocycles. The lowest BCUT2D eigenvalue weighted by molar-refractivity contribution is -0.150. The molecule has 0 bridgehead atoms. The largest absolute Gasteiger partial charge is 0.470 e. The van der Waals surface area contributed by atoms with Gasteiger partial charge in [-0.15, -0.1) is 0 Å². The highest BCUT2D eigenvalue weighted by atomic mass is 32.1. The summed E-state index contributed by atoms with van der Waals surface area (Å²) in [6, 6.07) is 1.26. The van der Waals surface area contributed by atoms with Crippen molar-refractivity contribution < 1.29 is 35.5 Å². The minimum atomic E-state index is -4.88. The zero-order valence-electron chi connectivity index (χ0n) is 9.93. The number of hydrogen-bond acceptors (Lipinski definition) is 3. The molecule has 1 heterocycles. The van der Waals surface area contributed by atoms with Gasteiger partial charge in [-0.05, 0) is 12.1 Å². The van der Waals surface area contributed by atoms with E-state index < -0.39 is 41.7 Å². The summed E-state index contributed by atoms with van der Waals surface area (Å²) in [5.41, 5.74) is 3.33. The predicted molar refractivity (Wildman–Crippen MR) is 61.6 cm³/mol. The third kappa shape index (κ3) is 4.41. The van der Waals surface area contributed by atoms with Crippen molar-refractivity contribution in [2.45, 2.75) is 18.5 Å². The highest BCUT2D eigenvalue weighted by molar-refractivity contribution is 7.80. The van der Waals surface area contributed by atoms with Gasteiger partial charge in [0.2, 0.25) is 5.88 Å². The molecule has 11 heteroatoms. The molecule has 0 aliphatic rings. The quantitative estimate of drug-likeness (QED) is 0.663. The molecule has 21 heavy (non-hydrogen) atoms. The van der Waals surface area contributed by atoms with Crippen molar-refractivity contribution in [1.82, 2.24) is 4.98 Å². The monoisotopic (exact) mass is 336 g/mol. The van der Waals surface area contributed by atoms with Crippen LogP contribution in [0.3, 0.4) is 0 Å². The second-order valence-corrected chi connectivity index (χ2v) is 4.20. The number of ether oxygens (including phenoxy) is 1. The lowest BCUT2D eigenvalue weighted by atomic mass is 10.2. The summed E-state index contributed by atoms with van der Waals surface area (Å²) in [7, 11) is 0. The van der Waals surface area contributed by atoms with Gasteiger partial charge < -0.3 is 10.5 Å². The summed E-state index contributed by atoms with van der Waals surface area (Å²) < 4.78 is 91.0. The lowest BCUT2D eigenvalue weighted by Gasteiger charge is -2.17. The zero-order chi connectivity index (χ0) is 16.4. The van der Waals surface area contributed by atoms with E-state index in [9.17, 15) is 30.7 Å². The van der Waals surface area contributed by atoms with E-state index in [0.717, 1.165) is 6.07 Å². The van der Waals surface area contributed by atoms with Crippen LogP contribution in [-0.2, 0) is 6.18 Å². The van der Waals surface area contributed by atoms with E-state index in [1.807, 2.05) is 0 Å². The second-order valence-electron chi connectivity index (χ2n) is 3.76. The third-order valence-electron chi connectivity index (χ3n) is 2.14. The molecule has 1 rings (SSSR count). The Labute approximate surface area is 118 Å². The van der Waals surface area contributed by atoms with E-state index in [1.165, 1.54) is 0 Å². The van der Waals surface area contributed by atoms with Crippen molar-refractivity contribution in [3.8, 4) is 5.88 Å². The van der Waals surface area contributed by atoms with Gasteiger partial charge in [-0.25, -0.2) is 13.8 Å². The SMILES string of the molecule is NC(=S)c1ccc(C(F)(F)F)nc1OCC(F)(F)C(F)F. The summed E-state index contributed by atoms with van der Waals surface area (Å²) in [5, 5.41) is 0. The molecule has 1 aromatic rings. The number of thiocarbonyl (C=S) groups is 1. The number of rotatable bonds is 5. The molecule has 0 amide bonds. The van der Waals surface area contributed by atoms with Crippen molar-refractivity contribution in [2.75, 3.05) is 6.61 Å². The van der Waals surface area contributed by atoms with Crippen molar-refractivity contribution in [2.24, 2.45) is 5.73 Å². The first-order valence-corrected chi connectivity index (χ1v) is 5.53. The molecule has 0 atom stereocenters.